The number of hydrogen-bond donors (Lipinski definition) is 1. The lowest BCUT2D eigenvalue weighted by molar-refractivity contribution is 0.355. The average Bonchev–Trinajstić information content (AvgIpc) is 2.45. The summed E-state index contributed by atoms with van der Waals surface area (Å²) >= 11 is 2.02. The van der Waals surface area contributed by atoms with Crippen molar-refractivity contribution >= 4 is 11.8 Å². The molecule has 0 aliphatic carbocycles. The predicted molar refractivity (Wildman–Crippen MR) is 72.3 cm³/mol. The minimum atomic E-state index is 0.570. The molecule has 0 amide bonds. The molecular formula is C12H19N3O2S. The van der Waals surface area contributed by atoms with Gasteiger partial charge in [-0.15, -0.1) is 0 Å². The van der Waals surface area contributed by atoms with Crippen molar-refractivity contribution in [3.8, 4) is 11.8 Å². The van der Waals surface area contributed by atoms with Crippen molar-refractivity contribution in [3.63, 3.8) is 0 Å². The fraction of sp³-hybridized carbons (Fsp3) is 0.667. The molecule has 1 N–H and O–H groups in total. The van der Waals surface area contributed by atoms with Crippen LogP contribution in [0.3, 0.4) is 0 Å². The fourth-order valence-corrected chi connectivity index (χ4v) is 3.14. The Hall–Kier alpha value is -1.01. The van der Waals surface area contributed by atoms with Gasteiger partial charge in [-0.2, -0.15) is 11.8 Å². The Bertz CT molecular complexity index is 361. The highest BCUT2D eigenvalue weighted by molar-refractivity contribution is 7.99. The number of nitrogens with zero attached hydrogens (tertiary/aromatic N) is 2. The van der Waals surface area contributed by atoms with E-state index in [0.717, 1.165) is 5.56 Å². The molecule has 0 saturated carbocycles. The summed E-state index contributed by atoms with van der Waals surface area (Å²) in [6.07, 6.45) is 3.88. The first-order chi connectivity index (χ1) is 8.85. The second-order valence-corrected chi connectivity index (χ2v) is 5.36. The van der Waals surface area contributed by atoms with E-state index in [2.05, 4.69) is 15.3 Å². The van der Waals surface area contributed by atoms with Gasteiger partial charge in [0.25, 0.3) is 0 Å². The van der Waals surface area contributed by atoms with Crippen LogP contribution in [0.25, 0.3) is 0 Å². The van der Waals surface area contributed by atoms with Crippen LogP contribution in [0.15, 0.2) is 6.33 Å². The standard InChI is InChI=1S/C12H19N3O2S/c1-16-11-10(12(17-2)15-8-14-11)7-13-9-3-5-18-6-4-9/h8-9,13H,3-7H2,1-2H3. The lowest BCUT2D eigenvalue weighted by Crippen LogP contribution is -2.32. The average molecular weight is 269 g/mol. The molecule has 2 heterocycles. The molecule has 1 saturated heterocycles. The molecule has 0 radical (unpaired) electrons. The summed E-state index contributed by atoms with van der Waals surface area (Å²) in [6, 6.07) is 0.570. The van der Waals surface area contributed by atoms with E-state index in [0.29, 0.717) is 24.3 Å². The Kier molecular flexibility index (Phi) is 5.07. The van der Waals surface area contributed by atoms with Crippen LogP contribution in [0, 0.1) is 0 Å². The minimum Gasteiger partial charge on any atom is -0.481 e. The molecule has 18 heavy (non-hydrogen) atoms. The molecule has 0 atom stereocenters. The molecule has 6 heteroatoms. The highest BCUT2D eigenvalue weighted by atomic mass is 32.2. The van der Waals surface area contributed by atoms with Gasteiger partial charge < -0.3 is 14.8 Å². The second-order valence-electron chi connectivity index (χ2n) is 4.14. The molecule has 1 aromatic heterocycles. The van der Waals surface area contributed by atoms with E-state index in [4.69, 9.17) is 9.47 Å². The number of aromatic nitrogens is 2. The molecule has 1 aliphatic heterocycles. The summed E-state index contributed by atoms with van der Waals surface area (Å²) in [6.45, 7) is 0.683. The van der Waals surface area contributed by atoms with Crippen LogP contribution in [-0.4, -0.2) is 41.7 Å². The molecule has 0 bridgehead atoms. The van der Waals surface area contributed by atoms with Crippen LogP contribution < -0.4 is 14.8 Å². The topological polar surface area (TPSA) is 56.3 Å². The van der Waals surface area contributed by atoms with Crippen molar-refractivity contribution in [1.82, 2.24) is 15.3 Å². The summed E-state index contributed by atoms with van der Waals surface area (Å²) in [5.41, 5.74) is 0.890. The third-order valence-electron chi connectivity index (χ3n) is 3.04. The van der Waals surface area contributed by atoms with Gasteiger partial charge >= 0.3 is 0 Å². The Labute approximate surface area is 112 Å². The monoisotopic (exact) mass is 269 g/mol. The molecule has 1 aliphatic rings. The molecule has 0 aromatic carbocycles. The molecule has 0 unspecified atom stereocenters. The van der Waals surface area contributed by atoms with E-state index >= 15 is 0 Å². The quantitative estimate of drug-likeness (QED) is 0.874. The van der Waals surface area contributed by atoms with Crippen LogP contribution in [-0.2, 0) is 6.54 Å². The van der Waals surface area contributed by atoms with E-state index in [9.17, 15) is 0 Å². The lowest BCUT2D eigenvalue weighted by Gasteiger charge is -2.23. The van der Waals surface area contributed by atoms with Gasteiger partial charge in [0.1, 0.15) is 6.33 Å². The van der Waals surface area contributed by atoms with Gasteiger partial charge in [0.05, 0.1) is 19.8 Å². The van der Waals surface area contributed by atoms with Crippen molar-refractivity contribution < 1.29 is 9.47 Å². The van der Waals surface area contributed by atoms with Crippen molar-refractivity contribution in [1.29, 1.82) is 0 Å². The van der Waals surface area contributed by atoms with Crippen LogP contribution in [0.2, 0.25) is 0 Å². The maximum atomic E-state index is 5.25. The number of hydrogen-bond acceptors (Lipinski definition) is 6. The Morgan fingerprint density at radius 2 is 1.83 bits per heavy atom. The van der Waals surface area contributed by atoms with E-state index in [-0.39, 0.29) is 0 Å². The number of thioether (sulfide) groups is 1. The maximum Gasteiger partial charge on any atom is 0.224 e. The number of ether oxygens (including phenoxy) is 2. The molecule has 100 valence electrons. The Balaban J connectivity index is 2.02. The second kappa shape index (κ2) is 6.80. The number of rotatable bonds is 5. The first kappa shape index (κ1) is 13.4. The summed E-state index contributed by atoms with van der Waals surface area (Å²) in [7, 11) is 3.23. The van der Waals surface area contributed by atoms with Gasteiger partial charge in [-0.25, -0.2) is 9.97 Å². The van der Waals surface area contributed by atoms with Crippen molar-refractivity contribution in [2.24, 2.45) is 0 Å². The summed E-state index contributed by atoms with van der Waals surface area (Å²) in [4.78, 5) is 8.22. The highest BCUT2D eigenvalue weighted by Gasteiger charge is 2.17. The van der Waals surface area contributed by atoms with Gasteiger partial charge in [-0.05, 0) is 24.3 Å². The van der Waals surface area contributed by atoms with E-state index in [1.807, 2.05) is 11.8 Å². The van der Waals surface area contributed by atoms with Crippen molar-refractivity contribution in [2.45, 2.75) is 25.4 Å². The highest BCUT2D eigenvalue weighted by Crippen LogP contribution is 2.24. The van der Waals surface area contributed by atoms with Gasteiger partial charge in [-0.3, -0.25) is 0 Å². The van der Waals surface area contributed by atoms with Crippen LogP contribution in [0.4, 0.5) is 0 Å². The van der Waals surface area contributed by atoms with Gasteiger partial charge in [0.15, 0.2) is 0 Å². The summed E-state index contributed by atoms with van der Waals surface area (Å²) in [5, 5.41) is 3.53. The van der Waals surface area contributed by atoms with Crippen molar-refractivity contribution in [3.05, 3.63) is 11.9 Å². The first-order valence-corrected chi connectivity index (χ1v) is 7.23. The van der Waals surface area contributed by atoms with Gasteiger partial charge in [0, 0.05) is 12.6 Å². The molecular weight excluding hydrogens is 250 g/mol. The summed E-state index contributed by atoms with van der Waals surface area (Å²) in [5.74, 6) is 3.63. The Morgan fingerprint density at radius 3 is 2.39 bits per heavy atom. The first-order valence-electron chi connectivity index (χ1n) is 6.08. The van der Waals surface area contributed by atoms with E-state index < -0.39 is 0 Å². The predicted octanol–water partition coefficient (Wildman–Crippen LogP) is 1.48. The largest absolute Gasteiger partial charge is 0.481 e. The number of nitrogens with one attached hydrogen (secondary N) is 1. The van der Waals surface area contributed by atoms with Gasteiger partial charge in [0.2, 0.25) is 11.8 Å². The normalized spacial score (nSPS) is 16.6. The Morgan fingerprint density at radius 1 is 1.22 bits per heavy atom. The lowest BCUT2D eigenvalue weighted by atomic mass is 10.1. The van der Waals surface area contributed by atoms with Crippen LogP contribution in [0.1, 0.15) is 18.4 Å². The third kappa shape index (κ3) is 3.26. The molecule has 1 aromatic rings. The summed E-state index contributed by atoms with van der Waals surface area (Å²) < 4.78 is 10.5. The van der Waals surface area contributed by atoms with Crippen molar-refractivity contribution in [2.75, 3.05) is 25.7 Å². The molecule has 1 fully saturated rings. The third-order valence-corrected chi connectivity index (χ3v) is 4.09. The maximum absolute atomic E-state index is 5.25. The number of methoxy groups -OCH3 is 2. The van der Waals surface area contributed by atoms with Crippen LogP contribution in [0.5, 0.6) is 11.8 Å². The molecule has 2 rings (SSSR count). The van der Waals surface area contributed by atoms with Crippen LogP contribution >= 0.6 is 11.8 Å². The van der Waals surface area contributed by atoms with E-state index in [1.54, 1.807) is 14.2 Å². The zero-order chi connectivity index (χ0) is 12.8. The van der Waals surface area contributed by atoms with E-state index in [1.165, 1.54) is 30.7 Å². The zero-order valence-corrected chi connectivity index (χ0v) is 11.6. The van der Waals surface area contributed by atoms with Gasteiger partial charge in [-0.1, -0.05) is 0 Å². The zero-order valence-electron chi connectivity index (χ0n) is 10.8. The fourth-order valence-electron chi connectivity index (χ4n) is 2.03. The molecule has 5 nitrogen and oxygen atoms in total. The smallest absolute Gasteiger partial charge is 0.224 e. The SMILES string of the molecule is COc1ncnc(OC)c1CNC1CCSCC1. The molecule has 0 spiro atoms. The minimum absolute atomic E-state index is 0.570.